The zero-order valence-corrected chi connectivity index (χ0v) is 10.7. The van der Waals surface area contributed by atoms with Gasteiger partial charge in [-0.25, -0.2) is 0 Å². The van der Waals surface area contributed by atoms with Crippen molar-refractivity contribution in [2.24, 2.45) is 0 Å². The van der Waals surface area contributed by atoms with Crippen LogP contribution in [0.25, 0.3) is 0 Å². The van der Waals surface area contributed by atoms with Gasteiger partial charge >= 0.3 is 5.97 Å². The van der Waals surface area contributed by atoms with Crippen molar-refractivity contribution < 1.29 is 9.53 Å². The van der Waals surface area contributed by atoms with Crippen molar-refractivity contribution in [2.45, 2.75) is 64.2 Å². The van der Waals surface area contributed by atoms with Gasteiger partial charge < -0.3 is 4.74 Å². The lowest BCUT2D eigenvalue weighted by Gasteiger charge is -2.08. The highest BCUT2D eigenvalue weighted by atomic mass is 35.5. The standard InChI is InChI=1S/C12H23ClO2/c1-3-4-5-6-8-12(13)9-7-10-15-11(2)14/h12H,3-10H2,1-2H3. The second kappa shape index (κ2) is 10.3. The summed E-state index contributed by atoms with van der Waals surface area (Å²) in [6, 6.07) is 0. The average Bonchev–Trinajstić information content (AvgIpc) is 2.19. The number of unbranched alkanes of at least 4 members (excludes halogenated alkanes) is 3. The quantitative estimate of drug-likeness (QED) is 0.344. The van der Waals surface area contributed by atoms with E-state index in [0.717, 1.165) is 19.3 Å². The maximum Gasteiger partial charge on any atom is 0.302 e. The summed E-state index contributed by atoms with van der Waals surface area (Å²) >= 11 is 6.13. The summed E-state index contributed by atoms with van der Waals surface area (Å²) in [6.45, 7) is 4.15. The molecule has 0 spiro atoms. The zero-order chi connectivity index (χ0) is 11.5. The number of halogens is 1. The fraction of sp³-hybridized carbons (Fsp3) is 0.917. The van der Waals surface area contributed by atoms with Crippen molar-refractivity contribution >= 4 is 17.6 Å². The molecule has 1 unspecified atom stereocenters. The number of hydrogen-bond acceptors (Lipinski definition) is 2. The van der Waals surface area contributed by atoms with Gasteiger partial charge in [-0.05, 0) is 19.3 Å². The molecule has 0 bridgehead atoms. The van der Waals surface area contributed by atoms with Gasteiger partial charge in [0, 0.05) is 12.3 Å². The van der Waals surface area contributed by atoms with E-state index in [9.17, 15) is 4.79 Å². The van der Waals surface area contributed by atoms with Crippen molar-refractivity contribution in [3.05, 3.63) is 0 Å². The Morgan fingerprint density at radius 1 is 1.20 bits per heavy atom. The first-order chi connectivity index (χ1) is 7.16. The van der Waals surface area contributed by atoms with E-state index in [1.54, 1.807) is 0 Å². The zero-order valence-electron chi connectivity index (χ0n) is 9.93. The molecule has 0 aliphatic rings. The van der Waals surface area contributed by atoms with Gasteiger partial charge in [-0.15, -0.1) is 11.6 Å². The van der Waals surface area contributed by atoms with E-state index in [0.29, 0.717) is 6.61 Å². The Bertz CT molecular complexity index is 160. The van der Waals surface area contributed by atoms with Gasteiger partial charge in [-0.2, -0.15) is 0 Å². The molecular weight excluding hydrogens is 212 g/mol. The highest BCUT2D eigenvalue weighted by Gasteiger charge is 2.04. The average molecular weight is 235 g/mol. The number of alkyl halides is 1. The van der Waals surface area contributed by atoms with Crippen LogP contribution in [0.5, 0.6) is 0 Å². The first kappa shape index (κ1) is 14.8. The van der Waals surface area contributed by atoms with Gasteiger partial charge in [0.25, 0.3) is 0 Å². The summed E-state index contributed by atoms with van der Waals surface area (Å²) in [5.74, 6) is -0.205. The maximum absolute atomic E-state index is 10.5. The maximum atomic E-state index is 10.5. The molecule has 0 radical (unpaired) electrons. The number of carbonyl (C=O) groups is 1. The minimum absolute atomic E-state index is 0.205. The predicted octanol–water partition coefficient (Wildman–Crippen LogP) is 3.91. The Labute approximate surface area is 98.3 Å². The molecule has 0 N–H and O–H groups in total. The highest BCUT2D eigenvalue weighted by molar-refractivity contribution is 6.20. The molecule has 3 heteroatoms. The molecule has 0 aromatic carbocycles. The third kappa shape index (κ3) is 11.7. The van der Waals surface area contributed by atoms with Crippen LogP contribution in [0.3, 0.4) is 0 Å². The molecule has 0 aliphatic heterocycles. The van der Waals surface area contributed by atoms with E-state index < -0.39 is 0 Å². The number of rotatable bonds is 9. The van der Waals surface area contributed by atoms with Crippen LogP contribution in [-0.2, 0) is 9.53 Å². The summed E-state index contributed by atoms with van der Waals surface area (Å²) in [4.78, 5) is 10.5. The van der Waals surface area contributed by atoms with Crippen LogP contribution < -0.4 is 0 Å². The topological polar surface area (TPSA) is 26.3 Å². The minimum atomic E-state index is -0.205. The molecule has 0 saturated carbocycles. The fourth-order valence-electron chi connectivity index (χ4n) is 1.46. The van der Waals surface area contributed by atoms with Gasteiger partial charge in [0.1, 0.15) is 0 Å². The molecule has 90 valence electrons. The molecule has 0 saturated heterocycles. The Balaban J connectivity index is 3.18. The van der Waals surface area contributed by atoms with Crippen molar-refractivity contribution in [2.75, 3.05) is 6.61 Å². The minimum Gasteiger partial charge on any atom is -0.466 e. The Morgan fingerprint density at radius 3 is 2.47 bits per heavy atom. The lowest BCUT2D eigenvalue weighted by Crippen LogP contribution is -2.04. The summed E-state index contributed by atoms with van der Waals surface area (Å²) in [5.41, 5.74) is 0. The van der Waals surface area contributed by atoms with Gasteiger partial charge in [-0.1, -0.05) is 32.6 Å². The number of esters is 1. The number of hydrogen-bond donors (Lipinski definition) is 0. The first-order valence-corrected chi connectivity index (χ1v) is 6.38. The Morgan fingerprint density at radius 2 is 1.87 bits per heavy atom. The van der Waals surface area contributed by atoms with Gasteiger partial charge in [-0.3, -0.25) is 4.79 Å². The molecule has 0 amide bonds. The van der Waals surface area contributed by atoms with E-state index in [-0.39, 0.29) is 11.3 Å². The lowest BCUT2D eigenvalue weighted by molar-refractivity contribution is -0.141. The molecule has 2 nitrogen and oxygen atoms in total. The molecule has 0 heterocycles. The van der Waals surface area contributed by atoms with E-state index >= 15 is 0 Å². The largest absolute Gasteiger partial charge is 0.466 e. The highest BCUT2D eigenvalue weighted by Crippen LogP contribution is 2.14. The molecule has 0 fully saturated rings. The van der Waals surface area contributed by atoms with Gasteiger partial charge in [0.2, 0.25) is 0 Å². The van der Waals surface area contributed by atoms with Crippen molar-refractivity contribution in [3.8, 4) is 0 Å². The van der Waals surface area contributed by atoms with Crippen LogP contribution in [-0.4, -0.2) is 18.0 Å². The molecule has 0 aliphatic carbocycles. The van der Waals surface area contributed by atoms with Crippen LogP contribution in [0.4, 0.5) is 0 Å². The van der Waals surface area contributed by atoms with E-state index in [2.05, 4.69) is 6.92 Å². The third-order valence-corrected chi connectivity index (χ3v) is 2.77. The first-order valence-electron chi connectivity index (χ1n) is 5.94. The molecule has 0 aromatic heterocycles. The van der Waals surface area contributed by atoms with Crippen molar-refractivity contribution in [1.29, 1.82) is 0 Å². The van der Waals surface area contributed by atoms with Crippen molar-refractivity contribution in [3.63, 3.8) is 0 Å². The molecule has 0 rings (SSSR count). The SMILES string of the molecule is CCCCCCC(Cl)CCCOC(C)=O. The van der Waals surface area contributed by atoms with Gasteiger partial charge in [0.15, 0.2) is 0 Å². The number of ether oxygens (including phenoxy) is 1. The van der Waals surface area contributed by atoms with Crippen LogP contribution in [0.1, 0.15) is 58.8 Å². The van der Waals surface area contributed by atoms with Crippen LogP contribution in [0, 0.1) is 0 Å². The van der Waals surface area contributed by atoms with E-state index in [4.69, 9.17) is 16.3 Å². The van der Waals surface area contributed by atoms with Gasteiger partial charge in [0.05, 0.1) is 6.61 Å². The number of carbonyl (C=O) groups excluding carboxylic acids is 1. The molecule has 0 aromatic rings. The Hall–Kier alpha value is -0.240. The van der Waals surface area contributed by atoms with E-state index in [1.807, 2.05) is 0 Å². The van der Waals surface area contributed by atoms with E-state index in [1.165, 1.54) is 32.6 Å². The Kier molecular flexibility index (Phi) is 10.1. The molecule has 1 atom stereocenters. The summed E-state index contributed by atoms with van der Waals surface area (Å²) < 4.78 is 4.84. The predicted molar refractivity (Wildman–Crippen MR) is 64.3 cm³/mol. The second-order valence-corrected chi connectivity index (χ2v) is 4.55. The fourth-order valence-corrected chi connectivity index (χ4v) is 1.77. The van der Waals surface area contributed by atoms with Crippen LogP contribution in [0.2, 0.25) is 0 Å². The van der Waals surface area contributed by atoms with Crippen LogP contribution >= 0.6 is 11.6 Å². The smallest absolute Gasteiger partial charge is 0.302 e. The lowest BCUT2D eigenvalue weighted by atomic mass is 10.1. The molecule has 15 heavy (non-hydrogen) atoms. The summed E-state index contributed by atoms with van der Waals surface area (Å²) in [5, 5.41) is 0.248. The van der Waals surface area contributed by atoms with Crippen LogP contribution in [0.15, 0.2) is 0 Å². The second-order valence-electron chi connectivity index (χ2n) is 3.93. The summed E-state index contributed by atoms with van der Waals surface area (Å²) in [7, 11) is 0. The monoisotopic (exact) mass is 234 g/mol. The molecular formula is C12H23ClO2. The van der Waals surface area contributed by atoms with Crippen molar-refractivity contribution in [1.82, 2.24) is 0 Å². The normalized spacial score (nSPS) is 12.5. The third-order valence-electron chi connectivity index (χ3n) is 2.34. The summed E-state index contributed by atoms with van der Waals surface area (Å²) in [6.07, 6.45) is 7.97.